The summed E-state index contributed by atoms with van der Waals surface area (Å²) in [5.41, 5.74) is 1.41. The Bertz CT molecular complexity index is 363. The van der Waals surface area contributed by atoms with Gasteiger partial charge in [0.15, 0.2) is 0 Å². The van der Waals surface area contributed by atoms with Crippen LogP contribution in [0.1, 0.15) is 30.1 Å². The van der Waals surface area contributed by atoms with Crippen molar-refractivity contribution in [1.82, 2.24) is 0 Å². The molecule has 0 fully saturated rings. The molecule has 0 heterocycles. The molecule has 0 spiro atoms. The average molecular weight is 297 g/mol. The standard InChI is InChI=1S/C11H12BrF3O/c1-7-2-3-9(12)8(6-7)10(16)4-5-11(13,14)15/h2-3,6,10,16H,4-5H2,1H3. The highest BCUT2D eigenvalue weighted by Crippen LogP contribution is 2.31. The zero-order chi connectivity index (χ0) is 12.3. The summed E-state index contributed by atoms with van der Waals surface area (Å²) < 4.78 is 36.6. The maximum Gasteiger partial charge on any atom is 0.389 e. The molecule has 90 valence electrons. The molecule has 1 atom stereocenters. The van der Waals surface area contributed by atoms with E-state index >= 15 is 0 Å². The molecule has 1 rings (SSSR count). The summed E-state index contributed by atoms with van der Waals surface area (Å²) >= 11 is 3.21. The van der Waals surface area contributed by atoms with Crippen molar-refractivity contribution in [2.75, 3.05) is 0 Å². The fraction of sp³-hybridized carbons (Fsp3) is 0.455. The number of aliphatic hydroxyl groups excluding tert-OH is 1. The Balaban J connectivity index is 2.73. The van der Waals surface area contributed by atoms with Crippen LogP contribution in [0.4, 0.5) is 13.2 Å². The molecule has 0 aliphatic rings. The third kappa shape index (κ3) is 4.14. The Hall–Kier alpha value is -0.550. The van der Waals surface area contributed by atoms with Crippen LogP contribution in [-0.4, -0.2) is 11.3 Å². The van der Waals surface area contributed by atoms with Crippen molar-refractivity contribution >= 4 is 15.9 Å². The van der Waals surface area contributed by atoms with E-state index in [1.54, 1.807) is 12.1 Å². The quantitative estimate of drug-likeness (QED) is 0.889. The minimum atomic E-state index is -4.22. The fourth-order valence-electron chi connectivity index (χ4n) is 1.37. The summed E-state index contributed by atoms with van der Waals surface area (Å²) in [6.07, 6.45) is -6.60. The Labute approximate surface area is 100 Å². The van der Waals surface area contributed by atoms with Gasteiger partial charge >= 0.3 is 6.18 Å². The summed E-state index contributed by atoms with van der Waals surface area (Å²) in [4.78, 5) is 0. The van der Waals surface area contributed by atoms with Crippen molar-refractivity contribution < 1.29 is 18.3 Å². The van der Waals surface area contributed by atoms with Gasteiger partial charge in [-0.15, -0.1) is 0 Å². The zero-order valence-electron chi connectivity index (χ0n) is 8.68. The van der Waals surface area contributed by atoms with Crippen LogP contribution in [0, 0.1) is 6.92 Å². The normalized spacial score (nSPS) is 13.9. The predicted molar refractivity (Wildman–Crippen MR) is 59.1 cm³/mol. The summed E-state index contributed by atoms with van der Waals surface area (Å²) in [6, 6.07) is 5.23. The summed E-state index contributed by atoms with van der Waals surface area (Å²) in [6.45, 7) is 1.83. The van der Waals surface area contributed by atoms with Gasteiger partial charge in [-0.25, -0.2) is 0 Å². The fourth-order valence-corrected chi connectivity index (χ4v) is 1.89. The average Bonchev–Trinajstić information content (AvgIpc) is 2.17. The zero-order valence-corrected chi connectivity index (χ0v) is 10.3. The van der Waals surface area contributed by atoms with E-state index < -0.39 is 18.7 Å². The van der Waals surface area contributed by atoms with Crippen LogP contribution in [0.2, 0.25) is 0 Å². The van der Waals surface area contributed by atoms with Crippen LogP contribution < -0.4 is 0 Å². The number of benzene rings is 1. The molecule has 0 saturated carbocycles. The molecule has 0 aromatic heterocycles. The van der Waals surface area contributed by atoms with Crippen molar-refractivity contribution in [2.45, 2.75) is 32.0 Å². The number of rotatable bonds is 3. The van der Waals surface area contributed by atoms with Crippen molar-refractivity contribution in [3.05, 3.63) is 33.8 Å². The van der Waals surface area contributed by atoms with E-state index in [2.05, 4.69) is 15.9 Å². The largest absolute Gasteiger partial charge is 0.389 e. The topological polar surface area (TPSA) is 20.2 Å². The van der Waals surface area contributed by atoms with Gasteiger partial charge in [0.2, 0.25) is 0 Å². The van der Waals surface area contributed by atoms with Crippen LogP contribution in [-0.2, 0) is 0 Å². The highest BCUT2D eigenvalue weighted by Gasteiger charge is 2.28. The van der Waals surface area contributed by atoms with Crippen LogP contribution in [0.25, 0.3) is 0 Å². The monoisotopic (exact) mass is 296 g/mol. The van der Waals surface area contributed by atoms with E-state index in [1.165, 1.54) is 0 Å². The minimum absolute atomic E-state index is 0.314. The first-order valence-corrected chi connectivity index (χ1v) is 5.60. The summed E-state index contributed by atoms with van der Waals surface area (Å²) in [5, 5.41) is 9.66. The van der Waals surface area contributed by atoms with Crippen molar-refractivity contribution in [2.24, 2.45) is 0 Å². The molecule has 0 saturated heterocycles. The molecule has 1 N–H and O–H groups in total. The second-order valence-electron chi connectivity index (χ2n) is 3.69. The third-order valence-corrected chi connectivity index (χ3v) is 2.93. The Morgan fingerprint density at radius 3 is 2.56 bits per heavy atom. The van der Waals surface area contributed by atoms with Crippen LogP contribution in [0.3, 0.4) is 0 Å². The van der Waals surface area contributed by atoms with E-state index in [0.29, 0.717) is 10.0 Å². The number of aryl methyl sites for hydroxylation is 1. The maximum atomic E-state index is 12.0. The third-order valence-electron chi connectivity index (χ3n) is 2.21. The first kappa shape index (κ1) is 13.5. The van der Waals surface area contributed by atoms with Crippen molar-refractivity contribution in [3.63, 3.8) is 0 Å². The minimum Gasteiger partial charge on any atom is -0.388 e. The van der Waals surface area contributed by atoms with E-state index in [0.717, 1.165) is 5.56 Å². The highest BCUT2D eigenvalue weighted by molar-refractivity contribution is 9.10. The molecule has 1 aromatic carbocycles. The first-order valence-electron chi connectivity index (χ1n) is 4.80. The van der Waals surface area contributed by atoms with Crippen LogP contribution in [0.15, 0.2) is 22.7 Å². The molecule has 0 amide bonds. The number of hydrogen-bond acceptors (Lipinski definition) is 1. The maximum absolute atomic E-state index is 12.0. The molecule has 0 aliphatic heterocycles. The van der Waals surface area contributed by atoms with Gasteiger partial charge in [0.05, 0.1) is 6.10 Å². The lowest BCUT2D eigenvalue weighted by Gasteiger charge is -2.14. The van der Waals surface area contributed by atoms with Gasteiger partial charge in [0.1, 0.15) is 0 Å². The van der Waals surface area contributed by atoms with Crippen molar-refractivity contribution in [1.29, 1.82) is 0 Å². The van der Waals surface area contributed by atoms with Gasteiger partial charge in [-0.2, -0.15) is 13.2 Å². The second-order valence-corrected chi connectivity index (χ2v) is 4.55. The molecule has 0 aliphatic carbocycles. The van der Waals surface area contributed by atoms with Crippen LogP contribution >= 0.6 is 15.9 Å². The molecule has 0 bridgehead atoms. The highest BCUT2D eigenvalue weighted by atomic mass is 79.9. The number of hydrogen-bond donors (Lipinski definition) is 1. The van der Waals surface area contributed by atoms with E-state index in [9.17, 15) is 18.3 Å². The van der Waals surface area contributed by atoms with Gasteiger partial charge in [0, 0.05) is 10.9 Å². The second kappa shape index (κ2) is 5.19. The summed E-state index contributed by atoms with van der Waals surface area (Å²) in [7, 11) is 0. The smallest absolute Gasteiger partial charge is 0.388 e. The van der Waals surface area contributed by atoms with Crippen molar-refractivity contribution in [3.8, 4) is 0 Å². The van der Waals surface area contributed by atoms with Gasteiger partial charge in [-0.1, -0.05) is 33.6 Å². The number of aliphatic hydroxyl groups is 1. The molecule has 16 heavy (non-hydrogen) atoms. The van der Waals surface area contributed by atoms with Gasteiger partial charge in [0.25, 0.3) is 0 Å². The van der Waals surface area contributed by atoms with Gasteiger partial charge < -0.3 is 5.11 Å². The summed E-state index contributed by atoms with van der Waals surface area (Å²) in [5.74, 6) is 0. The first-order chi connectivity index (χ1) is 7.29. The lowest BCUT2D eigenvalue weighted by atomic mass is 10.0. The predicted octanol–water partition coefficient (Wildman–Crippen LogP) is 4.13. The molecule has 1 unspecified atom stereocenters. The molecule has 5 heteroatoms. The number of halogens is 4. The lowest BCUT2D eigenvalue weighted by molar-refractivity contribution is -0.140. The molecular weight excluding hydrogens is 285 g/mol. The van der Waals surface area contributed by atoms with Gasteiger partial charge in [-0.3, -0.25) is 0 Å². The Morgan fingerprint density at radius 1 is 1.38 bits per heavy atom. The number of alkyl halides is 3. The SMILES string of the molecule is Cc1ccc(Br)c(C(O)CCC(F)(F)F)c1. The van der Waals surface area contributed by atoms with E-state index in [4.69, 9.17) is 0 Å². The van der Waals surface area contributed by atoms with E-state index in [1.807, 2.05) is 13.0 Å². The molecule has 1 nitrogen and oxygen atoms in total. The Kier molecular flexibility index (Phi) is 4.38. The van der Waals surface area contributed by atoms with E-state index in [-0.39, 0.29) is 6.42 Å². The van der Waals surface area contributed by atoms with Gasteiger partial charge in [-0.05, 0) is 25.0 Å². The lowest BCUT2D eigenvalue weighted by Crippen LogP contribution is -2.10. The molecular formula is C11H12BrF3O. The Morgan fingerprint density at radius 2 is 2.00 bits per heavy atom. The molecule has 1 aromatic rings. The van der Waals surface area contributed by atoms with Crippen LogP contribution in [0.5, 0.6) is 0 Å². The molecule has 0 radical (unpaired) electrons.